The standard InChI is InChI=1S/C21H16N4O4/c1-25-18-17(20(27)24-21(25)28)11-13(12-22-18)19(26)23-14-7-9-16(10-8-14)29-15-5-3-2-4-6-15/h2-12H,1H3,(H,23,26)(H,24,27,28). The molecule has 29 heavy (non-hydrogen) atoms. The minimum absolute atomic E-state index is 0.159. The summed E-state index contributed by atoms with van der Waals surface area (Å²) in [7, 11) is 1.49. The van der Waals surface area contributed by atoms with E-state index in [1.165, 1.54) is 23.9 Å². The van der Waals surface area contributed by atoms with E-state index in [1.54, 1.807) is 24.3 Å². The molecule has 0 bridgehead atoms. The smallest absolute Gasteiger partial charge is 0.329 e. The van der Waals surface area contributed by atoms with Crippen molar-refractivity contribution in [1.29, 1.82) is 0 Å². The van der Waals surface area contributed by atoms with E-state index in [9.17, 15) is 14.4 Å². The van der Waals surface area contributed by atoms with Crippen LogP contribution in [-0.2, 0) is 7.05 Å². The van der Waals surface area contributed by atoms with Crippen molar-refractivity contribution in [2.75, 3.05) is 5.32 Å². The topological polar surface area (TPSA) is 106 Å². The second-order valence-electron chi connectivity index (χ2n) is 6.31. The summed E-state index contributed by atoms with van der Waals surface area (Å²) in [4.78, 5) is 42.5. The van der Waals surface area contributed by atoms with E-state index in [0.717, 1.165) is 0 Å². The van der Waals surface area contributed by atoms with Crippen LogP contribution in [0.3, 0.4) is 0 Å². The summed E-state index contributed by atoms with van der Waals surface area (Å²) >= 11 is 0. The van der Waals surface area contributed by atoms with Crippen LogP contribution in [0, 0.1) is 0 Å². The summed E-state index contributed by atoms with van der Waals surface area (Å²) in [6, 6.07) is 17.7. The Bertz CT molecular complexity index is 1310. The average Bonchev–Trinajstić information content (AvgIpc) is 2.74. The number of H-pyrrole nitrogens is 1. The fourth-order valence-corrected chi connectivity index (χ4v) is 2.79. The molecule has 0 radical (unpaired) electrons. The molecule has 4 rings (SSSR count). The number of aromatic amines is 1. The first-order valence-corrected chi connectivity index (χ1v) is 8.74. The number of nitrogens with zero attached hydrogens (tertiary/aromatic N) is 2. The second-order valence-corrected chi connectivity index (χ2v) is 6.31. The van der Waals surface area contributed by atoms with E-state index in [4.69, 9.17) is 4.74 Å². The largest absolute Gasteiger partial charge is 0.457 e. The lowest BCUT2D eigenvalue weighted by atomic mass is 10.2. The number of hydrogen-bond donors (Lipinski definition) is 2. The first kappa shape index (κ1) is 18.2. The molecule has 0 aliphatic carbocycles. The number of nitrogens with one attached hydrogen (secondary N) is 2. The fourth-order valence-electron chi connectivity index (χ4n) is 2.79. The molecule has 0 fully saturated rings. The fraction of sp³-hybridized carbons (Fsp3) is 0.0476. The van der Waals surface area contributed by atoms with Gasteiger partial charge in [-0.2, -0.15) is 0 Å². The average molecular weight is 388 g/mol. The van der Waals surface area contributed by atoms with E-state index in [0.29, 0.717) is 17.2 Å². The predicted molar refractivity (Wildman–Crippen MR) is 109 cm³/mol. The normalized spacial score (nSPS) is 10.7. The van der Waals surface area contributed by atoms with Gasteiger partial charge in [-0.15, -0.1) is 0 Å². The molecular formula is C21H16N4O4. The summed E-state index contributed by atoms with van der Waals surface area (Å²) in [5.74, 6) is 0.921. The number of rotatable bonds is 4. The van der Waals surface area contributed by atoms with Gasteiger partial charge in [0, 0.05) is 18.9 Å². The van der Waals surface area contributed by atoms with Crippen molar-refractivity contribution in [3.05, 3.63) is 93.3 Å². The number of amides is 1. The number of aryl methyl sites for hydroxylation is 1. The number of carbonyl (C=O) groups is 1. The van der Waals surface area contributed by atoms with Crippen molar-refractivity contribution in [1.82, 2.24) is 14.5 Å². The van der Waals surface area contributed by atoms with Gasteiger partial charge in [-0.05, 0) is 42.5 Å². The molecule has 0 aliphatic rings. The number of carbonyl (C=O) groups excluding carboxylic acids is 1. The molecule has 2 N–H and O–H groups in total. The van der Waals surface area contributed by atoms with Gasteiger partial charge in [0.1, 0.15) is 17.1 Å². The SMILES string of the molecule is Cn1c(=O)[nH]c(=O)c2cc(C(=O)Nc3ccc(Oc4ccccc4)cc3)cnc21. The van der Waals surface area contributed by atoms with Crippen molar-refractivity contribution >= 4 is 22.6 Å². The number of aromatic nitrogens is 3. The number of hydrogen-bond acceptors (Lipinski definition) is 5. The summed E-state index contributed by atoms with van der Waals surface area (Å²) < 4.78 is 6.93. The molecule has 144 valence electrons. The molecular weight excluding hydrogens is 372 g/mol. The number of para-hydroxylation sites is 1. The molecule has 1 amide bonds. The van der Waals surface area contributed by atoms with Crippen LogP contribution < -0.4 is 21.3 Å². The van der Waals surface area contributed by atoms with E-state index in [1.807, 2.05) is 30.3 Å². The maximum Gasteiger partial charge on any atom is 0.329 e. The quantitative estimate of drug-likeness (QED) is 0.559. The van der Waals surface area contributed by atoms with Crippen LogP contribution in [0.5, 0.6) is 11.5 Å². The van der Waals surface area contributed by atoms with E-state index in [-0.39, 0.29) is 16.6 Å². The highest BCUT2D eigenvalue weighted by Gasteiger charge is 2.12. The zero-order chi connectivity index (χ0) is 20.4. The van der Waals surface area contributed by atoms with Gasteiger partial charge in [0.25, 0.3) is 11.5 Å². The maximum absolute atomic E-state index is 12.5. The van der Waals surface area contributed by atoms with Crippen LogP contribution >= 0.6 is 0 Å². The Hall–Kier alpha value is -4.20. The predicted octanol–water partition coefficient (Wildman–Crippen LogP) is 2.67. The highest BCUT2D eigenvalue weighted by Crippen LogP contribution is 2.23. The second kappa shape index (κ2) is 7.43. The minimum Gasteiger partial charge on any atom is -0.457 e. The first-order valence-electron chi connectivity index (χ1n) is 8.74. The third-order valence-electron chi connectivity index (χ3n) is 4.31. The van der Waals surface area contributed by atoms with Crippen LogP contribution in [0.15, 0.2) is 76.4 Å². The van der Waals surface area contributed by atoms with Gasteiger partial charge in [0.15, 0.2) is 0 Å². The van der Waals surface area contributed by atoms with Gasteiger partial charge in [0.2, 0.25) is 0 Å². The molecule has 0 saturated carbocycles. The summed E-state index contributed by atoms with van der Waals surface area (Å²) in [6.07, 6.45) is 1.32. The lowest BCUT2D eigenvalue weighted by Crippen LogP contribution is -2.29. The van der Waals surface area contributed by atoms with Crippen molar-refractivity contribution in [2.45, 2.75) is 0 Å². The number of anilines is 1. The third kappa shape index (κ3) is 3.77. The lowest BCUT2D eigenvalue weighted by molar-refractivity contribution is 0.102. The minimum atomic E-state index is -0.590. The van der Waals surface area contributed by atoms with Crippen LogP contribution in [0.4, 0.5) is 5.69 Å². The van der Waals surface area contributed by atoms with Crippen LogP contribution in [-0.4, -0.2) is 20.4 Å². The van der Waals surface area contributed by atoms with Gasteiger partial charge < -0.3 is 10.1 Å². The van der Waals surface area contributed by atoms with Gasteiger partial charge in [-0.1, -0.05) is 18.2 Å². The van der Waals surface area contributed by atoms with Gasteiger partial charge >= 0.3 is 5.69 Å². The highest BCUT2D eigenvalue weighted by molar-refractivity contribution is 6.05. The first-order chi connectivity index (χ1) is 14.0. The molecule has 0 saturated heterocycles. The molecule has 0 unspecified atom stereocenters. The summed E-state index contributed by atoms with van der Waals surface area (Å²) in [6.45, 7) is 0. The van der Waals surface area contributed by atoms with Crippen LogP contribution in [0.1, 0.15) is 10.4 Å². The molecule has 8 heteroatoms. The van der Waals surface area contributed by atoms with E-state index in [2.05, 4.69) is 15.3 Å². The lowest BCUT2D eigenvalue weighted by Gasteiger charge is -2.09. The Kier molecular flexibility index (Phi) is 4.66. The molecule has 8 nitrogen and oxygen atoms in total. The Labute approximate surface area is 164 Å². The monoisotopic (exact) mass is 388 g/mol. The van der Waals surface area contributed by atoms with Crippen LogP contribution in [0.25, 0.3) is 11.0 Å². The third-order valence-corrected chi connectivity index (χ3v) is 4.31. The number of pyridine rings is 1. The molecule has 0 aliphatic heterocycles. The zero-order valence-corrected chi connectivity index (χ0v) is 15.4. The van der Waals surface area contributed by atoms with Crippen LogP contribution in [0.2, 0.25) is 0 Å². The Balaban J connectivity index is 1.53. The van der Waals surface area contributed by atoms with Crippen molar-refractivity contribution in [2.24, 2.45) is 7.05 Å². The van der Waals surface area contributed by atoms with Gasteiger partial charge in [-0.3, -0.25) is 19.1 Å². The number of fused-ring (bicyclic) bond motifs is 1. The Morgan fingerprint density at radius 2 is 1.72 bits per heavy atom. The Morgan fingerprint density at radius 1 is 1.03 bits per heavy atom. The van der Waals surface area contributed by atoms with E-state index < -0.39 is 17.2 Å². The van der Waals surface area contributed by atoms with E-state index >= 15 is 0 Å². The van der Waals surface area contributed by atoms with Crippen molar-refractivity contribution in [3.63, 3.8) is 0 Å². The molecule has 2 heterocycles. The maximum atomic E-state index is 12.5. The summed E-state index contributed by atoms with van der Waals surface area (Å²) in [5.41, 5.74) is -0.188. The van der Waals surface area contributed by atoms with Crippen molar-refractivity contribution < 1.29 is 9.53 Å². The highest BCUT2D eigenvalue weighted by atomic mass is 16.5. The molecule has 2 aromatic carbocycles. The number of benzene rings is 2. The molecule has 2 aromatic heterocycles. The van der Waals surface area contributed by atoms with Crippen molar-refractivity contribution in [3.8, 4) is 11.5 Å². The summed E-state index contributed by atoms with van der Waals surface area (Å²) in [5, 5.41) is 2.90. The van der Waals surface area contributed by atoms with Gasteiger partial charge in [-0.25, -0.2) is 9.78 Å². The Morgan fingerprint density at radius 3 is 2.45 bits per heavy atom. The molecule has 0 spiro atoms. The molecule has 0 atom stereocenters. The number of ether oxygens (including phenoxy) is 1. The van der Waals surface area contributed by atoms with Gasteiger partial charge in [0.05, 0.1) is 10.9 Å². The molecule has 4 aromatic rings. The zero-order valence-electron chi connectivity index (χ0n) is 15.4.